The third-order valence-corrected chi connectivity index (χ3v) is 6.45. The van der Waals surface area contributed by atoms with Gasteiger partial charge in [-0.15, -0.1) is 0 Å². The summed E-state index contributed by atoms with van der Waals surface area (Å²) in [6.07, 6.45) is 3.14. The van der Waals surface area contributed by atoms with Gasteiger partial charge in [0.25, 0.3) is 0 Å². The molecule has 1 aliphatic rings. The minimum atomic E-state index is -0.0672. The average Bonchev–Trinajstić information content (AvgIpc) is 3.29. The molecule has 8 heteroatoms. The Kier molecular flexibility index (Phi) is 6.41. The lowest BCUT2D eigenvalue weighted by molar-refractivity contribution is -0.127. The van der Waals surface area contributed by atoms with E-state index in [2.05, 4.69) is 11.6 Å². The fraction of sp³-hybridized carbons (Fsp3) is 0.286. The van der Waals surface area contributed by atoms with Gasteiger partial charge >= 0.3 is 0 Å². The van der Waals surface area contributed by atoms with Crippen molar-refractivity contribution in [3.8, 4) is 22.8 Å². The second-order valence-electron chi connectivity index (χ2n) is 9.34. The molecule has 3 heterocycles. The Labute approximate surface area is 210 Å². The molecule has 0 radical (unpaired) electrons. The number of rotatable bonds is 6. The van der Waals surface area contributed by atoms with Crippen LogP contribution in [0.4, 0.5) is 5.82 Å². The van der Waals surface area contributed by atoms with Crippen molar-refractivity contribution in [3.05, 3.63) is 73.1 Å². The third kappa shape index (κ3) is 4.54. The van der Waals surface area contributed by atoms with E-state index in [0.29, 0.717) is 30.4 Å². The van der Waals surface area contributed by atoms with Crippen LogP contribution in [0.5, 0.6) is 11.5 Å². The molecule has 5 rings (SSSR count). The quantitative estimate of drug-likeness (QED) is 0.372. The Hall–Kier alpha value is -4.20. The van der Waals surface area contributed by atoms with Crippen LogP contribution in [0.3, 0.4) is 0 Å². The molecule has 2 aromatic heterocycles. The SMILES string of the molecule is C=CC(=O)N1CCCC(n2nc(-c3ccc(Oc4ccccc4)cc3)c3c(N)nc(C(C)C)nc32)C1. The molecule has 2 N–H and O–H groups in total. The van der Waals surface area contributed by atoms with Crippen molar-refractivity contribution >= 4 is 22.8 Å². The van der Waals surface area contributed by atoms with Crippen LogP contribution in [0.25, 0.3) is 22.3 Å². The number of para-hydroxylation sites is 1. The Morgan fingerprint density at radius 1 is 1.11 bits per heavy atom. The van der Waals surface area contributed by atoms with Gasteiger partial charge in [0.15, 0.2) is 5.65 Å². The van der Waals surface area contributed by atoms with E-state index in [1.807, 2.05) is 78.0 Å². The molecule has 1 unspecified atom stereocenters. The molecule has 1 aliphatic heterocycles. The fourth-order valence-electron chi connectivity index (χ4n) is 4.59. The third-order valence-electron chi connectivity index (χ3n) is 6.45. The van der Waals surface area contributed by atoms with Crippen LogP contribution in [-0.4, -0.2) is 43.6 Å². The molecule has 1 fully saturated rings. The second-order valence-corrected chi connectivity index (χ2v) is 9.34. The Morgan fingerprint density at radius 2 is 1.83 bits per heavy atom. The molecule has 1 saturated heterocycles. The number of nitrogen functional groups attached to an aromatic ring is 1. The maximum atomic E-state index is 12.3. The number of carbonyl (C=O) groups excluding carboxylic acids is 1. The van der Waals surface area contributed by atoms with Crippen LogP contribution in [0, 0.1) is 0 Å². The van der Waals surface area contributed by atoms with Crippen LogP contribution in [0.15, 0.2) is 67.3 Å². The number of piperidine rings is 1. The highest BCUT2D eigenvalue weighted by Crippen LogP contribution is 2.36. The number of hydrogen-bond acceptors (Lipinski definition) is 6. The molecular weight excluding hydrogens is 452 g/mol. The summed E-state index contributed by atoms with van der Waals surface area (Å²) in [5.74, 6) is 2.63. The highest BCUT2D eigenvalue weighted by molar-refractivity contribution is 5.98. The van der Waals surface area contributed by atoms with Crippen molar-refractivity contribution in [1.29, 1.82) is 0 Å². The highest BCUT2D eigenvalue weighted by Gasteiger charge is 2.28. The van der Waals surface area contributed by atoms with Gasteiger partial charge in [0.05, 0.1) is 11.4 Å². The number of carbonyl (C=O) groups is 1. The summed E-state index contributed by atoms with van der Waals surface area (Å²) in [5, 5.41) is 5.73. The number of benzene rings is 2. The zero-order chi connectivity index (χ0) is 25.2. The standard InChI is InChI=1S/C28H30N6O2/c1-4-23(35)33-16-8-9-20(17-33)34-28-24(26(29)30-27(31-28)18(2)3)25(32-34)19-12-14-22(15-13-19)36-21-10-6-5-7-11-21/h4-7,10-15,18,20H,1,8-9,16-17H2,2-3H3,(H2,29,30,31). The first-order valence-corrected chi connectivity index (χ1v) is 12.2. The maximum Gasteiger partial charge on any atom is 0.246 e. The lowest BCUT2D eigenvalue weighted by Gasteiger charge is -2.32. The van der Waals surface area contributed by atoms with Crippen LogP contribution < -0.4 is 10.5 Å². The van der Waals surface area contributed by atoms with Gasteiger partial charge in [0, 0.05) is 24.6 Å². The van der Waals surface area contributed by atoms with Crippen LogP contribution >= 0.6 is 0 Å². The lowest BCUT2D eigenvalue weighted by atomic mass is 10.1. The van der Waals surface area contributed by atoms with E-state index in [1.165, 1.54) is 6.08 Å². The molecule has 1 amide bonds. The van der Waals surface area contributed by atoms with E-state index in [9.17, 15) is 4.79 Å². The molecule has 0 aliphatic carbocycles. The molecule has 2 aromatic carbocycles. The number of hydrogen-bond donors (Lipinski definition) is 1. The molecule has 0 bridgehead atoms. The number of aromatic nitrogens is 4. The normalized spacial score (nSPS) is 15.9. The predicted molar refractivity (Wildman–Crippen MR) is 141 cm³/mol. The zero-order valence-corrected chi connectivity index (χ0v) is 20.6. The van der Waals surface area contributed by atoms with E-state index in [-0.39, 0.29) is 17.9 Å². The number of anilines is 1. The molecule has 8 nitrogen and oxygen atoms in total. The largest absolute Gasteiger partial charge is 0.457 e. The summed E-state index contributed by atoms with van der Waals surface area (Å²) < 4.78 is 7.88. The molecular formula is C28H30N6O2. The molecule has 36 heavy (non-hydrogen) atoms. The average molecular weight is 483 g/mol. The topological polar surface area (TPSA) is 99.2 Å². The number of ether oxygens (including phenoxy) is 1. The number of nitrogens with two attached hydrogens (primary N) is 1. The second kappa shape index (κ2) is 9.81. The molecule has 184 valence electrons. The predicted octanol–water partition coefficient (Wildman–Crippen LogP) is 5.34. The van der Waals surface area contributed by atoms with E-state index in [1.54, 1.807) is 0 Å². The first-order chi connectivity index (χ1) is 17.4. The zero-order valence-electron chi connectivity index (χ0n) is 20.6. The van der Waals surface area contributed by atoms with Crippen molar-refractivity contribution < 1.29 is 9.53 Å². The monoisotopic (exact) mass is 482 g/mol. The van der Waals surface area contributed by atoms with Crippen molar-refractivity contribution in [1.82, 2.24) is 24.6 Å². The van der Waals surface area contributed by atoms with Gasteiger partial charge in [0.2, 0.25) is 5.91 Å². The van der Waals surface area contributed by atoms with Gasteiger partial charge in [-0.05, 0) is 55.3 Å². The van der Waals surface area contributed by atoms with E-state index in [4.69, 9.17) is 20.6 Å². The van der Waals surface area contributed by atoms with Crippen LogP contribution in [-0.2, 0) is 4.79 Å². The number of likely N-dealkylation sites (tertiary alicyclic amines) is 1. The van der Waals surface area contributed by atoms with Crippen molar-refractivity contribution in [3.63, 3.8) is 0 Å². The number of amides is 1. The molecule has 0 saturated carbocycles. The van der Waals surface area contributed by atoms with Gasteiger partial charge in [-0.25, -0.2) is 14.6 Å². The van der Waals surface area contributed by atoms with Gasteiger partial charge < -0.3 is 15.4 Å². The van der Waals surface area contributed by atoms with E-state index < -0.39 is 0 Å². The smallest absolute Gasteiger partial charge is 0.246 e. The fourth-order valence-corrected chi connectivity index (χ4v) is 4.59. The van der Waals surface area contributed by atoms with Gasteiger partial charge in [-0.2, -0.15) is 5.10 Å². The lowest BCUT2D eigenvalue weighted by Crippen LogP contribution is -2.40. The first-order valence-electron chi connectivity index (χ1n) is 12.2. The summed E-state index contributed by atoms with van der Waals surface area (Å²) in [6, 6.07) is 17.4. The van der Waals surface area contributed by atoms with Crippen LogP contribution in [0.2, 0.25) is 0 Å². The summed E-state index contributed by atoms with van der Waals surface area (Å²) in [4.78, 5) is 23.6. The Balaban J connectivity index is 1.56. The number of nitrogens with zero attached hydrogens (tertiary/aromatic N) is 5. The Bertz CT molecular complexity index is 1400. The molecule has 0 spiro atoms. The van der Waals surface area contributed by atoms with Crippen LogP contribution in [0.1, 0.15) is 44.5 Å². The minimum absolute atomic E-state index is 0.0195. The summed E-state index contributed by atoms with van der Waals surface area (Å²) in [6.45, 7) is 8.98. The first kappa shape index (κ1) is 23.5. The van der Waals surface area contributed by atoms with Gasteiger partial charge in [-0.1, -0.05) is 38.6 Å². The highest BCUT2D eigenvalue weighted by atomic mass is 16.5. The summed E-state index contributed by atoms with van der Waals surface area (Å²) in [5.41, 5.74) is 8.81. The summed E-state index contributed by atoms with van der Waals surface area (Å²) >= 11 is 0. The molecule has 1 atom stereocenters. The van der Waals surface area contributed by atoms with Crippen molar-refractivity contribution in [2.24, 2.45) is 0 Å². The molecule has 4 aromatic rings. The van der Waals surface area contributed by atoms with E-state index >= 15 is 0 Å². The minimum Gasteiger partial charge on any atom is -0.457 e. The Morgan fingerprint density at radius 3 is 2.53 bits per heavy atom. The van der Waals surface area contributed by atoms with E-state index in [0.717, 1.165) is 41.0 Å². The maximum absolute atomic E-state index is 12.3. The van der Waals surface area contributed by atoms with Crippen molar-refractivity contribution in [2.75, 3.05) is 18.8 Å². The summed E-state index contributed by atoms with van der Waals surface area (Å²) in [7, 11) is 0. The number of fused-ring (bicyclic) bond motifs is 1. The van der Waals surface area contributed by atoms with Crippen molar-refractivity contribution in [2.45, 2.75) is 38.6 Å². The van der Waals surface area contributed by atoms with Gasteiger partial charge in [-0.3, -0.25) is 4.79 Å². The van der Waals surface area contributed by atoms with Gasteiger partial charge in [0.1, 0.15) is 28.8 Å².